The van der Waals surface area contributed by atoms with Gasteiger partial charge in [0.25, 0.3) is 0 Å². The molecule has 0 saturated carbocycles. The number of rotatable bonds is 5. The van der Waals surface area contributed by atoms with E-state index >= 15 is 0 Å². The first-order valence-corrected chi connectivity index (χ1v) is 7.82. The normalized spacial score (nSPS) is 14.7. The highest BCUT2D eigenvalue weighted by atomic mass is 16.1. The second-order valence-corrected chi connectivity index (χ2v) is 5.63. The highest BCUT2D eigenvalue weighted by Gasteiger charge is 2.17. The maximum Gasteiger partial charge on any atom is 0.209 e. The second kappa shape index (κ2) is 7.09. The van der Waals surface area contributed by atoms with Gasteiger partial charge in [0.05, 0.1) is 0 Å². The van der Waals surface area contributed by atoms with Crippen LogP contribution in [0.4, 0.5) is 11.6 Å². The molecule has 0 aliphatic carbocycles. The Morgan fingerprint density at radius 2 is 1.87 bits per heavy atom. The molecule has 1 saturated heterocycles. The predicted octanol–water partition coefficient (Wildman–Crippen LogP) is 1.68. The Kier molecular flexibility index (Phi) is 4.71. The maximum absolute atomic E-state index is 10.8. The molecule has 3 rings (SSSR count). The second-order valence-electron chi connectivity index (χ2n) is 5.63. The number of aryl methyl sites for hydroxylation is 1. The molecule has 1 N–H and O–H groups in total. The van der Waals surface area contributed by atoms with Crippen LogP contribution in [0.3, 0.4) is 0 Å². The van der Waals surface area contributed by atoms with E-state index in [2.05, 4.69) is 32.3 Å². The van der Waals surface area contributed by atoms with Crippen molar-refractivity contribution in [3.8, 4) is 0 Å². The Morgan fingerprint density at radius 1 is 1.13 bits per heavy atom. The van der Waals surface area contributed by atoms with Crippen LogP contribution in [0, 0.1) is 6.92 Å². The predicted molar refractivity (Wildman–Crippen MR) is 90.4 cm³/mol. The van der Waals surface area contributed by atoms with Gasteiger partial charge in [-0.1, -0.05) is 30.3 Å². The number of piperazine rings is 1. The summed E-state index contributed by atoms with van der Waals surface area (Å²) < 4.78 is 0. The number of carbonyl (C=O) groups excluding carboxylic acids is 1. The molecule has 0 radical (unpaired) electrons. The summed E-state index contributed by atoms with van der Waals surface area (Å²) in [6, 6.07) is 12.2. The SMILES string of the molecule is Cc1nc(NCc2ccccc2)cc(N2CCN(C=O)CC2)n1. The zero-order valence-electron chi connectivity index (χ0n) is 13.3. The van der Waals surface area contributed by atoms with Crippen LogP contribution in [0.15, 0.2) is 36.4 Å². The Hall–Kier alpha value is -2.63. The van der Waals surface area contributed by atoms with Gasteiger partial charge >= 0.3 is 0 Å². The lowest BCUT2D eigenvalue weighted by molar-refractivity contribution is -0.118. The number of hydrogen-bond acceptors (Lipinski definition) is 5. The van der Waals surface area contributed by atoms with E-state index in [1.807, 2.05) is 31.2 Å². The summed E-state index contributed by atoms with van der Waals surface area (Å²) in [4.78, 5) is 23.8. The standard InChI is InChI=1S/C17H21N5O/c1-14-19-16(18-12-15-5-3-2-4-6-15)11-17(20-14)22-9-7-21(13-23)8-10-22/h2-6,11,13H,7-10,12H2,1H3,(H,18,19,20). The molecule has 6 heteroatoms. The molecule has 120 valence electrons. The van der Waals surface area contributed by atoms with E-state index in [1.165, 1.54) is 5.56 Å². The molecule has 1 aromatic heterocycles. The van der Waals surface area contributed by atoms with Gasteiger partial charge in [0, 0.05) is 38.8 Å². The lowest BCUT2D eigenvalue weighted by atomic mass is 10.2. The van der Waals surface area contributed by atoms with Crippen molar-refractivity contribution in [2.75, 3.05) is 36.4 Å². The Balaban J connectivity index is 1.68. The van der Waals surface area contributed by atoms with Gasteiger partial charge in [-0.3, -0.25) is 4.79 Å². The van der Waals surface area contributed by atoms with Crippen LogP contribution in [-0.2, 0) is 11.3 Å². The lowest BCUT2D eigenvalue weighted by Gasteiger charge is -2.33. The molecule has 0 spiro atoms. The number of nitrogens with one attached hydrogen (secondary N) is 1. The van der Waals surface area contributed by atoms with Gasteiger partial charge in [0.15, 0.2) is 0 Å². The van der Waals surface area contributed by atoms with Crippen LogP contribution in [-0.4, -0.2) is 47.5 Å². The van der Waals surface area contributed by atoms with Crippen molar-refractivity contribution in [2.24, 2.45) is 0 Å². The Morgan fingerprint density at radius 3 is 2.57 bits per heavy atom. The van der Waals surface area contributed by atoms with E-state index in [0.29, 0.717) is 0 Å². The van der Waals surface area contributed by atoms with Gasteiger partial charge in [0.2, 0.25) is 6.41 Å². The van der Waals surface area contributed by atoms with Gasteiger partial charge in [-0.2, -0.15) is 0 Å². The summed E-state index contributed by atoms with van der Waals surface area (Å²) in [5.41, 5.74) is 1.21. The first-order valence-electron chi connectivity index (χ1n) is 7.82. The molecule has 0 atom stereocenters. The van der Waals surface area contributed by atoms with Crippen molar-refractivity contribution < 1.29 is 4.79 Å². The van der Waals surface area contributed by atoms with Gasteiger partial charge in [0.1, 0.15) is 17.5 Å². The molecule has 1 aliphatic heterocycles. The minimum atomic E-state index is 0.732. The average molecular weight is 311 g/mol. The van der Waals surface area contributed by atoms with E-state index in [9.17, 15) is 4.79 Å². The van der Waals surface area contributed by atoms with E-state index in [-0.39, 0.29) is 0 Å². The third-order valence-corrected chi connectivity index (χ3v) is 3.93. The van der Waals surface area contributed by atoms with Crippen LogP contribution in [0.5, 0.6) is 0 Å². The fraction of sp³-hybridized carbons (Fsp3) is 0.353. The summed E-state index contributed by atoms with van der Waals surface area (Å²) in [5, 5.41) is 3.36. The topological polar surface area (TPSA) is 61.4 Å². The van der Waals surface area contributed by atoms with Gasteiger partial charge in [-0.15, -0.1) is 0 Å². The number of aromatic nitrogens is 2. The molecule has 1 aromatic carbocycles. The van der Waals surface area contributed by atoms with Crippen molar-refractivity contribution in [1.29, 1.82) is 0 Å². The molecule has 0 unspecified atom stereocenters. The number of hydrogen-bond donors (Lipinski definition) is 1. The number of amides is 1. The molecule has 1 amide bonds. The van der Waals surface area contributed by atoms with E-state index < -0.39 is 0 Å². The third-order valence-electron chi connectivity index (χ3n) is 3.93. The number of benzene rings is 1. The van der Waals surface area contributed by atoms with Gasteiger partial charge in [-0.05, 0) is 12.5 Å². The summed E-state index contributed by atoms with van der Waals surface area (Å²) in [5.74, 6) is 2.49. The minimum absolute atomic E-state index is 0.732. The molecular formula is C17H21N5O. The van der Waals surface area contributed by atoms with E-state index in [1.54, 1.807) is 4.90 Å². The van der Waals surface area contributed by atoms with Crippen molar-refractivity contribution in [3.63, 3.8) is 0 Å². The molecule has 0 bridgehead atoms. The molecule has 1 fully saturated rings. The van der Waals surface area contributed by atoms with Gasteiger partial charge in [-0.25, -0.2) is 9.97 Å². The number of nitrogens with zero attached hydrogens (tertiary/aromatic N) is 4. The largest absolute Gasteiger partial charge is 0.366 e. The van der Waals surface area contributed by atoms with Crippen molar-refractivity contribution in [3.05, 3.63) is 47.8 Å². The van der Waals surface area contributed by atoms with Crippen LogP contribution < -0.4 is 10.2 Å². The Bertz CT molecular complexity index is 653. The quantitative estimate of drug-likeness (QED) is 0.851. The monoisotopic (exact) mass is 311 g/mol. The number of carbonyl (C=O) groups is 1. The zero-order valence-corrected chi connectivity index (χ0v) is 13.3. The van der Waals surface area contributed by atoms with E-state index in [0.717, 1.165) is 56.6 Å². The number of anilines is 2. The first-order chi connectivity index (χ1) is 11.2. The van der Waals surface area contributed by atoms with Crippen molar-refractivity contribution >= 4 is 18.0 Å². The summed E-state index contributed by atoms with van der Waals surface area (Å²) in [6.07, 6.45) is 0.912. The summed E-state index contributed by atoms with van der Waals surface area (Å²) >= 11 is 0. The summed E-state index contributed by atoms with van der Waals surface area (Å²) in [6.45, 7) is 5.70. The van der Waals surface area contributed by atoms with Crippen molar-refractivity contribution in [1.82, 2.24) is 14.9 Å². The maximum atomic E-state index is 10.8. The minimum Gasteiger partial charge on any atom is -0.366 e. The van der Waals surface area contributed by atoms with Crippen LogP contribution >= 0.6 is 0 Å². The Labute approximate surface area is 136 Å². The highest BCUT2D eigenvalue weighted by molar-refractivity contribution is 5.52. The summed E-state index contributed by atoms with van der Waals surface area (Å²) in [7, 11) is 0. The van der Waals surface area contributed by atoms with Crippen LogP contribution in [0.1, 0.15) is 11.4 Å². The fourth-order valence-electron chi connectivity index (χ4n) is 2.65. The fourth-order valence-corrected chi connectivity index (χ4v) is 2.65. The van der Waals surface area contributed by atoms with Crippen LogP contribution in [0.2, 0.25) is 0 Å². The molecule has 23 heavy (non-hydrogen) atoms. The molecule has 2 aromatic rings. The first kappa shape index (κ1) is 15.3. The molecular weight excluding hydrogens is 290 g/mol. The molecule has 2 heterocycles. The zero-order chi connectivity index (χ0) is 16.1. The van der Waals surface area contributed by atoms with Crippen LogP contribution in [0.25, 0.3) is 0 Å². The van der Waals surface area contributed by atoms with Crippen molar-refractivity contribution in [2.45, 2.75) is 13.5 Å². The lowest BCUT2D eigenvalue weighted by Crippen LogP contribution is -2.46. The molecule has 1 aliphatic rings. The average Bonchev–Trinajstić information content (AvgIpc) is 2.60. The van der Waals surface area contributed by atoms with E-state index in [4.69, 9.17) is 0 Å². The highest BCUT2D eigenvalue weighted by Crippen LogP contribution is 2.18. The van der Waals surface area contributed by atoms with Gasteiger partial charge < -0.3 is 15.1 Å². The third kappa shape index (κ3) is 3.97. The smallest absolute Gasteiger partial charge is 0.209 e. The molecule has 6 nitrogen and oxygen atoms in total.